The molecule has 0 bridgehead atoms. The molecule has 17 heavy (non-hydrogen) atoms. The summed E-state index contributed by atoms with van der Waals surface area (Å²) in [7, 11) is 0. The zero-order valence-corrected chi connectivity index (χ0v) is 9.87. The number of rotatable bonds is 4. The molecular formula is C12H12ClNO3. The van der Waals surface area contributed by atoms with Gasteiger partial charge in [-0.15, -0.1) is 0 Å². The molecule has 0 spiro atoms. The number of hydrogen-bond donors (Lipinski definition) is 1. The predicted octanol–water partition coefficient (Wildman–Crippen LogP) is 2.23. The molecule has 0 unspecified atom stereocenters. The van der Waals surface area contributed by atoms with Crippen LogP contribution in [0, 0.1) is 5.92 Å². The Bertz CT molecular complexity index is 443. The Balaban J connectivity index is 1.78. The standard InChI is InChI=1S/C12H12ClNO3/c13-9-2-1-3-10(6-9)14-11(15)7-17-12(16)8-4-5-8/h1-3,6,8H,4-5,7H2,(H,14,15). The van der Waals surface area contributed by atoms with Crippen LogP contribution in [0.5, 0.6) is 0 Å². The normalized spacial score (nSPS) is 14.2. The third-order valence-electron chi connectivity index (χ3n) is 2.36. The summed E-state index contributed by atoms with van der Waals surface area (Å²) in [5, 5.41) is 3.14. The summed E-state index contributed by atoms with van der Waals surface area (Å²) in [4.78, 5) is 22.6. The Morgan fingerprint density at radius 3 is 2.82 bits per heavy atom. The number of esters is 1. The first-order valence-corrected chi connectivity index (χ1v) is 5.75. The second kappa shape index (κ2) is 5.19. The SMILES string of the molecule is O=C(COC(=O)C1CC1)Nc1cccc(Cl)c1. The van der Waals surface area contributed by atoms with Crippen molar-refractivity contribution in [2.45, 2.75) is 12.8 Å². The molecule has 1 saturated carbocycles. The topological polar surface area (TPSA) is 55.4 Å². The van der Waals surface area contributed by atoms with E-state index in [1.54, 1.807) is 24.3 Å². The number of ether oxygens (including phenoxy) is 1. The smallest absolute Gasteiger partial charge is 0.309 e. The molecule has 0 aromatic heterocycles. The minimum Gasteiger partial charge on any atom is -0.455 e. The van der Waals surface area contributed by atoms with Crippen LogP contribution < -0.4 is 5.32 Å². The van der Waals surface area contributed by atoms with Gasteiger partial charge in [-0.3, -0.25) is 9.59 Å². The van der Waals surface area contributed by atoms with Crippen LogP contribution in [0.2, 0.25) is 5.02 Å². The average Bonchev–Trinajstić information content (AvgIpc) is 3.09. The number of carbonyl (C=O) groups is 2. The molecule has 5 heteroatoms. The molecule has 0 saturated heterocycles. The Hall–Kier alpha value is -1.55. The maximum absolute atomic E-state index is 11.4. The first-order valence-electron chi connectivity index (χ1n) is 5.37. The summed E-state index contributed by atoms with van der Waals surface area (Å²) < 4.78 is 4.85. The highest BCUT2D eigenvalue weighted by Crippen LogP contribution is 2.29. The third kappa shape index (κ3) is 3.75. The van der Waals surface area contributed by atoms with Gasteiger partial charge in [-0.25, -0.2) is 0 Å². The molecule has 1 N–H and O–H groups in total. The van der Waals surface area contributed by atoms with Crippen LogP contribution in [0.3, 0.4) is 0 Å². The second-order valence-electron chi connectivity index (χ2n) is 3.94. The highest BCUT2D eigenvalue weighted by atomic mass is 35.5. The fourth-order valence-electron chi connectivity index (χ4n) is 1.34. The minimum absolute atomic E-state index is 0.00831. The van der Waals surface area contributed by atoms with Crippen molar-refractivity contribution in [1.82, 2.24) is 0 Å². The van der Waals surface area contributed by atoms with Crippen molar-refractivity contribution in [2.75, 3.05) is 11.9 Å². The number of anilines is 1. The van der Waals surface area contributed by atoms with E-state index in [1.165, 1.54) is 0 Å². The van der Waals surface area contributed by atoms with Gasteiger partial charge in [0.15, 0.2) is 6.61 Å². The lowest BCUT2D eigenvalue weighted by molar-refractivity contribution is -0.148. The van der Waals surface area contributed by atoms with Crippen molar-refractivity contribution in [3.63, 3.8) is 0 Å². The van der Waals surface area contributed by atoms with Crippen molar-refractivity contribution in [3.05, 3.63) is 29.3 Å². The number of hydrogen-bond acceptors (Lipinski definition) is 3. The Kier molecular flexibility index (Phi) is 3.64. The van der Waals surface area contributed by atoms with Crippen LogP contribution in [0.4, 0.5) is 5.69 Å². The van der Waals surface area contributed by atoms with Crippen LogP contribution in [0.1, 0.15) is 12.8 Å². The Morgan fingerprint density at radius 2 is 2.18 bits per heavy atom. The molecule has 2 rings (SSSR count). The molecule has 0 radical (unpaired) electrons. The molecule has 1 amide bonds. The maximum Gasteiger partial charge on any atom is 0.309 e. The maximum atomic E-state index is 11.4. The third-order valence-corrected chi connectivity index (χ3v) is 2.60. The van der Waals surface area contributed by atoms with Crippen molar-refractivity contribution in [1.29, 1.82) is 0 Å². The van der Waals surface area contributed by atoms with Crippen molar-refractivity contribution in [3.8, 4) is 0 Å². The largest absolute Gasteiger partial charge is 0.455 e. The van der Waals surface area contributed by atoms with E-state index in [9.17, 15) is 9.59 Å². The van der Waals surface area contributed by atoms with Gasteiger partial charge in [-0.1, -0.05) is 17.7 Å². The lowest BCUT2D eigenvalue weighted by Gasteiger charge is -2.06. The highest BCUT2D eigenvalue weighted by molar-refractivity contribution is 6.30. The van der Waals surface area contributed by atoms with Gasteiger partial charge in [0.2, 0.25) is 0 Å². The van der Waals surface area contributed by atoms with Crippen LogP contribution >= 0.6 is 11.6 Å². The van der Waals surface area contributed by atoms with E-state index in [4.69, 9.17) is 16.3 Å². The average molecular weight is 254 g/mol. The van der Waals surface area contributed by atoms with Gasteiger partial charge in [-0.2, -0.15) is 0 Å². The molecular weight excluding hydrogens is 242 g/mol. The van der Waals surface area contributed by atoms with Crippen LogP contribution in [0.25, 0.3) is 0 Å². The molecule has 0 atom stereocenters. The van der Waals surface area contributed by atoms with Gasteiger partial charge < -0.3 is 10.1 Å². The zero-order chi connectivity index (χ0) is 12.3. The van der Waals surface area contributed by atoms with Crippen molar-refractivity contribution >= 4 is 29.2 Å². The second-order valence-corrected chi connectivity index (χ2v) is 4.38. The fourth-order valence-corrected chi connectivity index (χ4v) is 1.53. The lowest BCUT2D eigenvalue weighted by Crippen LogP contribution is -2.21. The number of carbonyl (C=O) groups excluding carboxylic acids is 2. The van der Waals surface area contributed by atoms with Gasteiger partial charge in [0.1, 0.15) is 0 Å². The quantitative estimate of drug-likeness (QED) is 0.838. The van der Waals surface area contributed by atoms with Gasteiger partial charge >= 0.3 is 5.97 Å². The summed E-state index contributed by atoms with van der Waals surface area (Å²) >= 11 is 5.77. The Labute approximate surface area is 104 Å². The van der Waals surface area contributed by atoms with E-state index < -0.39 is 0 Å². The summed E-state index contributed by atoms with van der Waals surface area (Å²) in [5.41, 5.74) is 0.588. The number of nitrogens with one attached hydrogen (secondary N) is 1. The van der Waals surface area contributed by atoms with E-state index >= 15 is 0 Å². The van der Waals surface area contributed by atoms with E-state index in [0.717, 1.165) is 12.8 Å². The monoisotopic (exact) mass is 253 g/mol. The van der Waals surface area contributed by atoms with E-state index in [0.29, 0.717) is 10.7 Å². The van der Waals surface area contributed by atoms with Gasteiger partial charge in [0.05, 0.1) is 5.92 Å². The van der Waals surface area contributed by atoms with E-state index in [2.05, 4.69) is 5.32 Å². The fraction of sp³-hybridized carbons (Fsp3) is 0.333. The minimum atomic E-state index is -0.360. The first-order chi connectivity index (χ1) is 8.15. The molecule has 1 aliphatic carbocycles. The van der Waals surface area contributed by atoms with Crippen molar-refractivity contribution in [2.24, 2.45) is 5.92 Å². The Morgan fingerprint density at radius 1 is 1.41 bits per heavy atom. The van der Waals surface area contributed by atoms with Crippen LogP contribution in [0.15, 0.2) is 24.3 Å². The molecule has 1 aromatic carbocycles. The van der Waals surface area contributed by atoms with Gasteiger partial charge in [0, 0.05) is 10.7 Å². The van der Waals surface area contributed by atoms with Gasteiger partial charge in [-0.05, 0) is 31.0 Å². The summed E-state index contributed by atoms with van der Waals surface area (Å²) in [6.07, 6.45) is 1.74. The zero-order valence-electron chi connectivity index (χ0n) is 9.11. The number of benzene rings is 1. The first kappa shape index (κ1) is 11.9. The summed E-state index contributed by atoms with van der Waals surface area (Å²) in [6, 6.07) is 6.78. The van der Waals surface area contributed by atoms with Crippen LogP contribution in [-0.4, -0.2) is 18.5 Å². The molecule has 1 aromatic rings. The summed E-state index contributed by atoms with van der Waals surface area (Å²) in [6.45, 7) is -0.248. The summed E-state index contributed by atoms with van der Waals surface area (Å²) in [5.74, 6) is -0.638. The van der Waals surface area contributed by atoms with E-state index in [1.807, 2.05) is 0 Å². The number of halogens is 1. The molecule has 4 nitrogen and oxygen atoms in total. The number of amides is 1. The lowest BCUT2D eigenvalue weighted by atomic mass is 10.3. The molecule has 1 aliphatic rings. The molecule has 0 heterocycles. The highest BCUT2D eigenvalue weighted by Gasteiger charge is 2.31. The molecule has 0 aliphatic heterocycles. The van der Waals surface area contributed by atoms with Crippen LogP contribution in [-0.2, 0) is 14.3 Å². The van der Waals surface area contributed by atoms with E-state index in [-0.39, 0.29) is 24.4 Å². The molecule has 90 valence electrons. The molecule has 1 fully saturated rings. The predicted molar refractivity (Wildman–Crippen MR) is 63.8 cm³/mol. The van der Waals surface area contributed by atoms with Gasteiger partial charge in [0.25, 0.3) is 5.91 Å². The van der Waals surface area contributed by atoms with Crippen molar-refractivity contribution < 1.29 is 14.3 Å².